The molecule has 3 amide bonds. The van der Waals surface area contributed by atoms with Crippen molar-refractivity contribution in [2.45, 2.75) is 19.8 Å². The molecular weight excluding hydrogens is 466 g/mol. The number of amides is 3. The molecule has 0 saturated heterocycles. The van der Waals surface area contributed by atoms with E-state index in [2.05, 4.69) is 24.5 Å². The van der Waals surface area contributed by atoms with Gasteiger partial charge in [0.25, 0.3) is 17.7 Å². The Morgan fingerprint density at radius 1 is 0.914 bits per heavy atom. The molecule has 178 valence electrons. The number of imide groups is 1. The van der Waals surface area contributed by atoms with Gasteiger partial charge in [0, 0.05) is 23.0 Å². The highest BCUT2D eigenvalue weighted by Gasteiger charge is 2.39. The Morgan fingerprint density at radius 3 is 2.23 bits per heavy atom. The van der Waals surface area contributed by atoms with E-state index in [1.54, 1.807) is 67.8 Å². The lowest BCUT2D eigenvalue weighted by Crippen LogP contribution is -2.32. The van der Waals surface area contributed by atoms with Crippen molar-refractivity contribution in [3.05, 3.63) is 94.7 Å². The lowest BCUT2D eigenvalue weighted by Gasteiger charge is -2.16. The molecule has 4 rings (SSSR count). The van der Waals surface area contributed by atoms with Gasteiger partial charge in [0.1, 0.15) is 16.5 Å². The fourth-order valence-electron chi connectivity index (χ4n) is 3.61. The molecule has 0 bridgehead atoms. The van der Waals surface area contributed by atoms with Gasteiger partial charge in [-0.15, -0.1) is 0 Å². The number of methoxy groups -OCH3 is 1. The minimum atomic E-state index is -0.592. The summed E-state index contributed by atoms with van der Waals surface area (Å²) in [7, 11) is 1.55. The lowest BCUT2D eigenvalue weighted by molar-refractivity contribution is -0.120. The maximum absolute atomic E-state index is 13.0. The zero-order valence-corrected chi connectivity index (χ0v) is 20.2. The van der Waals surface area contributed by atoms with E-state index in [0.29, 0.717) is 34.3 Å². The summed E-state index contributed by atoms with van der Waals surface area (Å²) in [6.45, 7) is 4.13. The Morgan fingerprint density at radius 2 is 1.60 bits per heavy atom. The van der Waals surface area contributed by atoms with E-state index in [-0.39, 0.29) is 16.6 Å². The first-order chi connectivity index (χ1) is 16.8. The highest BCUT2D eigenvalue weighted by Crippen LogP contribution is 2.31. The summed E-state index contributed by atoms with van der Waals surface area (Å²) in [6.07, 6.45) is 0. The average Bonchev–Trinajstić information content (AvgIpc) is 3.07. The van der Waals surface area contributed by atoms with E-state index in [4.69, 9.17) is 16.3 Å². The van der Waals surface area contributed by atoms with Crippen molar-refractivity contribution in [3.8, 4) is 5.75 Å². The summed E-state index contributed by atoms with van der Waals surface area (Å²) in [4.78, 5) is 39.3. The van der Waals surface area contributed by atoms with Crippen LogP contribution in [0.2, 0.25) is 0 Å². The first-order valence-corrected chi connectivity index (χ1v) is 11.4. The van der Waals surface area contributed by atoms with Gasteiger partial charge in [-0.1, -0.05) is 43.6 Å². The number of rotatable bonds is 7. The van der Waals surface area contributed by atoms with Crippen molar-refractivity contribution in [1.29, 1.82) is 0 Å². The van der Waals surface area contributed by atoms with Crippen molar-refractivity contribution in [1.82, 2.24) is 0 Å². The predicted molar refractivity (Wildman–Crippen MR) is 137 cm³/mol. The maximum atomic E-state index is 13.0. The number of halogens is 1. The number of anilines is 3. The molecule has 7 nitrogen and oxygen atoms in total. The average molecular weight is 490 g/mol. The van der Waals surface area contributed by atoms with Crippen LogP contribution in [0.4, 0.5) is 17.1 Å². The van der Waals surface area contributed by atoms with E-state index in [0.717, 1.165) is 10.5 Å². The van der Waals surface area contributed by atoms with Gasteiger partial charge in [-0.25, -0.2) is 4.90 Å². The van der Waals surface area contributed by atoms with Crippen LogP contribution in [0.25, 0.3) is 0 Å². The molecular formula is C27H24ClN3O4. The first kappa shape index (κ1) is 24.0. The Balaban J connectivity index is 1.46. The molecule has 1 heterocycles. The highest BCUT2D eigenvalue weighted by atomic mass is 35.5. The molecule has 0 aliphatic carbocycles. The number of carbonyl (C=O) groups is 3. The third kappa shape index (κ3) is 5.05. The molecule has 35 heavy (non-hydrogen) atoms. The summed E-state index contributed by atoms with van der Waals surface area (Å²) in [5.74, 6) is -0.477. The number of ether oxygens (including phenoxy) is 1. The molecule has 0 spiro atoms. The van der Waals surface area contributed by atoms with Gasteiger partial charge in [0.05, 0.1) is 12.8 Å². The quantitative estimate of drug-likeness (QED) is 0.427. The van der Waals surface area contributed by atoms with Gasteiger partial charge in [-0.3, -0.25) is 14.4 Å². The molecule has 0 atom stereocenters. The monoisotopic (exact) mass is 489 g/mol. The van der Waals surface area contributed by atoms with Gasteiger partial charge in [-0.2, -0.15) is 0 Å². The number of hydrogen-bond donors (Lipinski definition) is 2. The van der Waals surface area contributed by atoms with Crippen LogP contribution in [0.3, 0.4) is 0 Å². The molecule has 1 aliphatic heterocycles. The Bertz CT molecular complexity index is 1320. The number of hydrogen-bond acceptors (Lipinski definition) is 5. The van der Waals surface area contributed by atoms with Gasteiger partial charge in [0.2, 0.25) is 0 Å². The zero-order valence-electron chi connectivity index (χ0n) is 19.5. The van der Waals surface area contributed by atoms with Crippen molar-refractivity contribution in [2.75, 3.05) is 22.6 Å². The molecule has 8 heteroatoms. The summed E-state index contributed by atoms with van der Waals surface area (Å²) in [6, 6.07) is 20.7. The summed E-state index contributed by atoms with van der Waals surface area (Å²) < 4.78 is 5.17. The normalized spacial score (nSPS) is 13.5. The molecule has 1 aliphatic rings. The third-order valence-corrected chi connectivity index (χ3v) is 5.94. The fraction of sp³-hybridized carbons (Fsp3) is 0.148. The van der Waals surface area contributed by atoms with Crippen LogP contribution in [-0.2, 0) is 9.59 Å². The van der Waals surface area contributed by atoms with E-state index in [1.165, 1.54) is 0 Å². The van der Waals surface area contributed by atoms with Crippen LogP contribution in [0.1, 0.15) is 35.7 Å². The van der Waals surface area contributed by atoms with Gasteiger partial charge < -0.3 is 15.4 Å². The second kappa shape index (κ2) is 10.0. The number of nitrogens with zero attached hydrogens (tertiary/aromatic N) is 1. The molecule has 0 radical (unpaired) electrons. The standard InChI is InChI=1S/C27H24ClN3O4/c1-16(2)17-9-13-21(14-10-17)31-26(33)23(28)24(27(31)34)29-19-11-7-18(8-12-19)25(32)30-20-5-4-6-22(15-20)35-3/h4-16,29H,1-3H3,(H,30,32). The van der Waals surface area contributed by atoms with Gasteiger partial charge >= 0.3 is 0 Å². The van der Waals surface area contributed by atoms with Crippen LogP contribution >= 0.6 is 11.6 Å². The largest absolute Gasteiger partial charge is 0.497 e. The molecule has 3 aromatic rings. The smallest absolute Gasteiger partial charge is 0.283 e. The molecule has 0 saturated carbocycles. The molecule has 0 fully saturated rings. The lowest BCUT2D eigenvalue weighted by atomic mass is 10.0. The van der Waals surface area contributed by atoms with E-state index in [9.17, 15) is 14.4 Å². The zero-order chi connectivity index (χ0) is 25.1. The van der Waals surface area contributed by atoms with Gasteiger partial charge in [0.15, 0.2) is 0 Å². The Hall–Kier alpha value is -4.10. The topological polar surface area (TPSA) is 87.7 Å². The van der Waals surface area contributed by atoms with E-state index >= 15 is 0 Å². The van der Waals surface area contributed by atoms with E-state index in [1.807, 2.05) is 12.1 Å². The van der Waals surface area contributed by atoms with Crippen LogP contribution in [0, 0.1) is 0 Å². The molecule has 3 aromatic carbocycles. The van der Waals surface area contributed by atoms with Crippen molar-refractivity contribution >= 4 is 46.4 Å². The summed E-state index contributed by atoms with van der Waals surface area (Å²) in [5, 5.41) is 5.53. The maximum Gasteiger partial charge on any atom is 0.283 e. The number of carbonyl (C=O) groups excluding carboxylic acids is 3. The Kier molecular flexibility index (Phi) is 6.89. The number of nitrogens with one attached hydrogen (secondary N) is 2. The SMILES string of the molecule is COc1cccc(NC(=O)c2ccc(NC3=C(Cl)C(=O)N(c4ccc(C(C)C)cc4)C3=O)cc2)c1. The molecule has 0 unspecified atom stereocenters. The number of benzene rings is 3. The second-order valence-corrected chi connectivity index (χ2v) is 8.65. The van der Waals surface area contributed by atoms with Crippen molar-refractivity contribution in [2.24, 2.45) is 0 Å². The van der Waals surface area contributed by atoms with Crippen molar-refractivity contribution in [3.63, 3.8) is 0 Å². The highest BCUT2D eigenvalue weighted by molar-refractivity contribution is 6.53. The van der Waals surface area contributed by atoms with E-state index < -0.39 is 11.8 Å². The minimum Gasteiger partial charge on any atom is -0.497 e. The van der Waals surface area contributed by atoms with Crippen LogP contribution in [0.5, 0.6) is 5.75 Å². The first-order valence-electron chi connectivity index (χ1n) is 11.0. The van der Waals surface area contributed by atoms with Crippen LogP contribution in [-0.4, -0.2) is 24.8 Å². The molecule has 2 N–H and O–H groups in total. The van der Waals surface area contributed by atoms with Crippen molar-refractivity contribution < 1.29 is 19.1 Å². The summed E-state index contributed by atoms with van der Waals surface area (Å²) >= 11 is 6.23. The summed E-state index contributed by atoms with van der Waals surface area (Å²) in [5.41, 5.74) is 3.06. The van der Waals surface area contributed by atoms with Gasteiger partial charge in [-0.05, 0) is 60.0 Å². The molecule has 0 aromatic heterocycles. The second-order valence-electron chi connectivity index (χ2n) is 8.27. The predicted octanol–water partition coefficient (Wildman–Crippen LogP) is 5.51. The fourth-order valence-corrected chi connectivity index (χ4v) is 3.82. The third-order valence-electron chi connectivity index (χ3n) is 5.59. The van der Waals surface area contributed by atoms with Crippen LogP contribution < -0.4 is 20.3 Å². The Labute approximate surface area is 208 Å². The minimum absolute atomic E-state index is 0.0156. The van der Waals surface area contributed by atoms with Crippen LogP contribution in [0.15, 0.2) is 83.5 Å².